The Morgan fingerprint density at radius 3 is 2.00 bits per heavy atom. The molecule has 0 fully saturated rings. The minimum atomic E-state index is -3.76. The molecule has 3 N–H and O–H groups in total. The van der Waals surface area contributed by atoms with Gasteiger partial charge in [-0.3, -0.25) is 9.59 Å². The van der Waals surface area contributed by atoms with Crippen LogP contribution in [0.15, 0.2) is 34.9 Å². The molecule has 214 valence electrons. The van der Waals surface area contributed by atoms with Crippen molar-refractivity contribution in [2.75, 3.05) is 5.32 Å². The summed E-state index contributed by atoms with van der Waals surface area (Å²) < 4.78 is 29.1. The number of aromatic nitrogens is 2. The SMILES string of the molecule is CC(C)(C)c1cc(C(N)=O)no1.Cc1nc(NC(=O)C(C)(C)S(=O)(=O)Cc2ccc(Cl)cc2)sc1C(C)(C)C. The standard InChI is InChI=1S/C19H25ClN2O3S2.C8H12N2O2/c1-12-15(18(2,3)4)26-17(21-12)22-16(23)19(5,6)27(24,25)11-13-7-9-14(20)10-8-13;1-8(2,3)6-4-5(7(9)11)10-12-6/h7-10H,11H2,1-6H3,(H,21,22,23);4H,1-3H3,(H2,9,11). The van der Waals surface area contributed by atoms with E-state index in [0.717, 1.165) is 10.6 Å². The summed E-state index contributed by atoms with van der Waals surface area (Å²) in [5.41, 5.74) is 6.38. The highest BCUT2D eigenvalue weighted by atomic mass is 35.5. The summed E-state index contributed by atoms with van der Waals surface area (Å²) in [6.07, 6.45) is 0. The molecule has 1 aromatic carbocycles. The van der Waals surface area contributed by atoms with Crippen molar-refractivity contribution in [3.05, 3.63) is 62.9 Å². The van der Waals surface area contributed by atoms with Gasteiger partial charge in [-0.15, -0.1) is 11.3 Å². The van der Waals surface area contributed by atoms with Gasteiger partial charge in [-0.1, -0.05) is 70.4 Å². The average Bonchev–Trinajstić information content (AvgIpc) is 3.42. The molecule has 12 heteroatoms. The second-order valence-electron chi connectivity index (χ2n) is 11.7. The predicted octanol–water partition coefficient (Wildman–Crippen LogP) is 5.81. The molecule has 0 radical (unpaired) electrons. The van der Waals surface area contributed by atoms with Gasteiger partial charge in [0.05, 0.1) is 11.4 Å². The van der Waals surface area contributed by atoms with E-state index in [0.29, 0.717) is 21.5 Å². The molecule has 0 aliphatic rings. The predicted molar refractivity (Wildman–Crippen MR) is 156 cm³/mol. The molecule has 0 atom stereocenters. The maximum atomic E-state index is 12.9. The lowest BCUT2D eigenvalue weighted by atomic mass is 9.93. The van der Waals surface area contributed by atoms with Crippen molar-refractivity contribution in [1.29, 1.82) is 0 Å². The fraction of sp³-hybridized carbons (Fsp3) is 0.481. The van der Waals surface area contributed by atoms with Crippen LogP contribution in [0.2, 0.25) is 5.02 Å². The Labute approximate surface area is 239 Å². The van der Waals surface area contributed by atoms with Crippen LogP contribution < -0.4 is 11.1 Å². The summed E-state index contributed by atoms with van der Waals surface area (Å²) in [6.45, 7) is 16.8. The Hall–Kier alpha value is -2.76. The zero-order valence-corrected chi connectivity index (χ0v) is 26.2. The van der Waals surface area contributed by atoms with Crippen LogP contribution in [0.4, 0.5) is 5.13 Å². The molecule has 9 nitrogen and oxygen atoms in total. The molecule has 0 saturated heterocycles. The number of nitrogens with two attached hydrogens (primary N) is 1. The maximum absolute atomic E-state index is 12.9. The van der Waals surface area contributed by atoms with Gasteiger partial charge in [-0.25, -0.2) is 13.4 Å². The normalized spacial score (nSPS) is 12.5. The lowest BCUT2D eigenvalue weighted by Gasteiger charge is -2.23. The zero-order chi connectivity index (χ0) is 30.0. The van der Waals surface area contributed by atoms with E-state index < -0.39 is 26.4 Å². The third kappa shape index (κ3) is 8.36. The molecule has 2 heterocycles. The summed E-state index contributed by atoms with van der Waals surface area (Å²) >= 11 is 7.22. The summed E-state index contributed by atoms with van der Waals surface area (Å²) in [4.78, 5) is 28.8. The van der Waals surface area contributed by atoms with Crippen LogP contribution in [0.5, 0.6) is 0 Å². The van der Waals surface area contributed by atoms with Crippen molar-refractivity contribution >= 4 is 49.7 Å². The number of hydrogen-bond donors (Lipinski definition) is 2. The number of thiazole rings is 1. The Morgan fingerprint density at radius 2 is 1.59 bits per heavy atom. The highest BCUT2D eigenvalue weighted by molar-refractivity contribution is 7.92. The second kappa shape index (κ2) is 11.8. The van der Waals surface area contributed by atoms with Crippen molar-refractivity contribution in [2.24, 2.45) is 5.73 Å². The molecular weight excluding hydrogens is 560 g/mol. The number of rotatable bonds is 6. The van der Waals surface area contributed by atoms with Crippen molar-refractivity contribution in [1.82, 2.24) is 10.1 Å². The van der Waals surface area contributed by atoms with Crippen molar-refractivity contribution in [3.8, 4) is 0 Å². The molecule has 0 aliphatic heterocycles. The number of carbonyl (C=O) groups excluding carboxylic acids is 2. The van der Waals surface area contributed by atoms with Crippen LogP contribution in [0.3, 0.4) is 0 Å². The van der Waals surface area contributed by atoms with E-state index in [4.69, 9.17) is 21.9 Å². The molecular formula is C27H37ClN4O5S2. The fourth-order valence-corrected chi connectivity index (χ4v) is 5.73. The second-order valence-corrected chi connectivity index (χ2v) is 15.7. The van der Waals surface area contributed by atoms with E-state index in [1.54, 1.807) is 30.3 Å². The molecule has 0 spiro atoms. The van der Waals surface area contributed by atoms with E-state index in [2.05, 4.69) is 36.2 Å². The average molecular weight is 597 g/mol. The van der Waals surface area contributed by atoms with E-state index in [-0.39, 0.29) is 22.3 Å². The summed E-state index contributed by atoms with van der Waals surface area (Å²) in [6, 6.07) is 8.13. The Morgan fingerprint density at radius 1 is 1.03 bits per heavy atom. The van der Waals surface area contributed by atoms with Gasteiger partial charge in [0.25, 0.3) is 5.91 Å². The largest absolute Gasteiger partial charge is 0.364 e. The fourth-order valence-electron chi connectivity index (χ4n) is 3.26. The smallest absolute Gasteiger partial charge is 0.270 e. The van der Waals surface area contributed by atoms with Gasteiger partial charge in [0, 0.05) is 21.4 Å². The molecule has 3 rings (SSSR count). The van der Waals surface area contributed by atoms with E-state index in [1.165, 1.54) is 25.2 Å². The van der Waals surface area contributed by atoms with E-state index in [9.17, 15) is 18.0 Å². The number of nitrogens with one attached hydrogen (secondary N) is 1. The molecule has 39 heavy (non-hydrogen) atoms. The minimum absolute atomic E-state index is 0.0963. The molecule has 0 aliphatic carbocycles. The van der Waals surface area contributed by atoms with Crippen LogP contribution in [-0.4, -0.2) is 35.1 Å². The zero-order valence-electron chi connectivity index (χ0n) is 23.8. The Kier molecular flexibility index (Phi) is 9.80. The first-order valence-electron chi connectivity index (χ1n) is 12.2. The number of amides is 2. The first-order valence-corrected chi connectivity index (χ1v) is 15.0. The van der Waals surface area contributed by atoms with Gasteiger partial charge in [-0.05, 0) is 43.9 Å². The number of anilines is 1. The quantitative estimate of drug-likeness (QED) is 0.365. The molecule has 2 aromatic heterocycles. The molecule has 0 bridgehead atoms. The number of carbonyl (C=O) groups is 2. The van der Waals surface area contributed by atoms with Crippen LogP contribution in [0.1, 0.15) is 87.8 Å². The van der Waals surface area contributed by atoms with Gasteiger partial charge in [0.2, 0.25) is 5.91 Å². The van der Waals surface area contributed by atoms with Gasteiger partial charge < -0.3 is 15.6 Å². The highest BCUT2D eigenvalue weighted by Gasteiger charge is 2.42. The molecule has 0 unspecified atom stereocenters. The van der Waals surface area contributed by atoms with Crippen LogP contribution in [-0.2, 0) is 31.2 Å². The Bertz CT molecular complexity index is 1430. The number of sulfone groups is 1. The van der Waals surface area contributed by atoms with Gasteiger partial charge in [0.15, 0.2) is 20.7 Å². The topological polar surface area (TPSA) is 145 Å². The van der Waals surface area contributed by atoms with Gasteiger partial charge in [0.1, 0.15) is 10.5 Å². The lowest BCUT2D eigenvalue weighted by molar-refractivity contribution is -0.117. The maximum Gasteiger partial charge on any atom is 0.270 e. The molecule has 0 saturated carbocycles. The molecule has 3 aromatic rings. The third-order valence-electron chi connectivity index (χ3n) is 5.79. The van der Waals surface area contributed by atoms with Crippen molar-refractivity contribution in [3.63, 3.8) is 0 Å². The number of benzene rings is 1. The van der Waals surface area contributed by atoms with Crippen LogP contribution >= 0.6 is 22.9 Å². The lowest BCUT2D eigenvalue weighted by Crippen LogP contribution is -2.45. The highest BCUT2D eigenvalue weighted by Crippen LogP contribution is 2.34. The van der Waals surface area contributed by atoms with Crippen LogP contribution in [0.25, 0.3) is 0 Å². The monoisotopic (exact) mass is 596 g/mol. The van der Waals surface area contributed by atoms with E-state index in [1.807, 2.05) is 27.7 Å². The summed E-state index contributed by atoms with van der Waals surface area (Å²) in [5.74, 6) is -0.731. The number of nitrogens with zero attached hydrogens (tertiary/aromatic N) is 2. The van der Waals surface area contributed by atoms with Gasteiger partial charge >= 0.3 is 0 Å². The first-order chi connectivity index (χ1) is 17.6. The first kappa shape index (κ1) is 32.5. The third-order valence-corrected chi connectivity index (χ3v) is 10.00. The summed E-state index contributed by atoms with van der Waals surface area (Å²) in [7, 11) is -3.76. The number of halogens is 1. The Balaban J connectivity index is 0.000000370. The molecule has 2 amide bonds. The number of primary amides is 1. The van der Waals surface area contributed by atoms with Crippen LogP contribution in [0, 0.1) is 6.92 Å². The number of aryl methyl sites for hydroxylation is 1. The van der Waals surface area contributed by atoms with Crippen molar-refractivity contribution in [2.45, 2.75) is 83.6 Å². The van der Waals surface area contributed by atoms with E-state index >= 15 is 0 Å². The van der Waals surface area contributed by atoms with Crippen molar-refractivity contribution < 1.29 is 22.5 Å². The number of hydrogen-bond acceptors (Lipinski definition) is 8. The van der Waals surface area contributed by atoms with Gasteiger partial charge in [-0.2, -0.15) is 0 Å². The summed E-state index contributed by atoms with van der Waals surface area (Å²) in [5, 5.41) is 7.16. The minimum Gasteiger partial charge on any atom is -0.364 e.